The van der Waals surface area contributed by atoms with E-state index in [-0.39, 0.29) is 11.7 Å². The normalized spacial score (nSPS) is 10.8. The van der Waals surface area contributed by atoms with E-state index >= 15 is 0 Å². The molecule has 3 aromatic rings. The number of nitrogens with one attached hydrogen (secondary N) is 1. The lowest BCUT2D eigenvalue weighted by molar-refractivity contribution is 0.0994. The average molecular weight is 439 g/mol. The number of hydrogen-bond acceptors (Lipinski definition) is 3. The van der Waals surface area contributed by atoms with Gasteiger partial charge in [-0.05, 0) is 52.7 Å². The van der Waals surface area contributed by atoms with Crippen molar-refractivity contribution in [1.29, 1.82) is 0 Å². The summed E-state index contributed by atoms with van der Waals surface area (Å²) in [4.78, 5) is 12.4. The fourth-order valence-corrected chi connectivity index (χ4v) is 2.94. The first-order chi connectivity index (χ1) is 11.0. The molecule has 0 unspecified atom stereocenters. The molecule has 1 N–H and O–H groups in total. The molecule has 2 heterocycles. The summed E-state index contributed by atoms with van der Waals surface area (Å²) in [6.07, 6.45) is 0. The van der Waals surface area contributed by atoms with Crippen molar-refractivity contribution in [2.24, 2.45) is 7.05 Å². The van der Waals surface area contributed by atoms with E-state index in [1.54, 1.807) is 23.9 Å². The predicted molar refractivity (Wildman–Crippen MR) is 95.4 cm³/mol. The van der Waals surface area contributed by atoms with Gasteiger partial charge in [-0.1, -0.05) is 28.1 Å². The van der Waals surface area contributed by atoms with Gasteiger partial charge >= 0.3 is 0 Å². The second-order valence-corrected chi connectivity index (χ2v) is 6.69. The highest BCUT2D eigenvalue weighted by Gasteiger charge is 2.19. The fourth-order valence-electron chi connectivity index (χ4n) is 2.37. The number of aryl methyl sites for hydroxylation is 2. The fraction of sp³-hybridized carbons (Fsp3) is 0.125. The van der Waals surface area contributed by atoms with Crippen molar-refractivity contribution in [1.82, 2.24) is 9.78 Å². The van der Waals surface area contributed by atoms with E-state index in [4.69, 9.17) is 4.42 Å². The van der Waals surface area contributed by atoms with Crippen LogP contribution in [0.1, 0.15) is 16.2 Å². The number of aromatic nitrogens is 2. The van der Waals surface area contributed by atoms with Crippen molar-refractivity contribution in [3.8, 4) is 11.1 Å². The van der Waals surface area contributed by atoms with E-state index in [1.807, 2.05) is 31.2 Å². The molecule has 0 aliphatic heterocycles. The van der Waals surface area contributed by atoms with Gasteiger partial charge in [-0.25, -0.2) is 0 Å². The summed E-state index contributed by atoms with van der Waals surface area (Å²) in [6, 6.07) is 11.2. The van der Waals surface area contributed by atoms with Crippen LogP contribution in [0.3, 0.4) is 0 Å². The topological polar surface area (TPSA) is 60.1 Å². The molecule has 5 nitrogen and oxygen atoms in total. The van der Waals surface area contributed by atoms with Crippen molar-refractivity contribution in [2.45, 2.75) is 6.92 Å². The molecule has 0 saturated carbocycles. The third kappa shape index (κ3) is 3.25. The van der Waals surface area contributed by atoms with Gasteiger partial charge in [-0.2, -0.15) is 5.10 Å². The Kier molecular flexibility index (Phi) is 4.41. The zero-order chi connectivity index (χ0) is 16.6. The zero-order valence-electron chi connectivity index (χ0n) is 12.4. The lowest BCUT2D eigenvalue weighted by atomic mass is 10.1. The third-order valence-electron chi connectivity index (χ3n) is 3.38. The van der Waals surface area contributed by atoms with Crippen LogP contribution in [0, 0.1) is 6.92 Å². The van der Waals surface area contributed by atoms with Crippen LogP contribution in [0.4, 0.5) is 5.82 Å². The van der Waals surface area contributed by atoms with Gasteiger partial charge in [0.05, 0.1) is 5.69 Å². The summed E-state index contributed by atoms with van der Waals surface area (Å²) < 4.78 is 8.45. The van der Waals surface area contributed by atoms with E-state index in [0.717, 1.165) is 21.3 Å². The number of furan rings is 1. The largest absolute Gasteiger partial charge is 0.444 e. The summed E-state index contributed by atoms with van der Waals surface area (Å²) in [6.45, 7) is 1.91. The standard InChI is InChI=1S/C16H13Br2N3O2/c1-9-14(10-3-5-11(17)6-4-10)15(21(2)20-9)19-16(22)12-7-8-13(18)23-12/h3-8H,1-2H3,(H,19,22). The molecule has 0 radical (unpaired) electrons. The first-order valence-corrected chi connectivity index (χ1v) is 8.40. The molecule has 0 spiro atoms. The minimum atomic E-state index is -0.322. The van der Waals surface area contributed by atoms with Crippen LogP contribution in [0.15, 0.2) is 50.0 Å². The Morgan fingerprint density at radius 1 is 1.17 bits per heavy atom. The summed E-state index contributed by atoms with van der Waals surface area (Å²) in [5.41, 5.74) is 2.71. The second kappa shape index (κ2) is 6.33. The molecule has 118 valence electrons. The number of carbonyl (C=O) groups is 1. The molecule has 2 aromatic heterocycles. The molecular weight excluding hydrogens is 426 g/mol. The molecule has 3 rings (SSSR count). The highest BCUT2D eigenvalue weighted by Crippen LogP contribution is 2.32. The number of benzene rings is 1. The van der Waals surface area contributed by atoms with Crippen molar-refractivity contribution >= 4 is 43.6 Å². The molecular formula is C16H13Br2N3O2. The van der Waals surface area contributed by atoms with E-state index in [1.165, 1.54) is 0 Å². The van der Waals surface area contributed by atoms with Gasteiger partial charge in [0.25, 0.3) is 5.91 Å². The number of nitrogens with zero attached hydrogens (tertiary/aromatic N) is 2. The Hall–Kier alpha value is -1.86. The van der Waals surface area contributed by atoms with E-state index < -0.39 is 0 Å². The van der Waals surface area contributed by atoms with Crippen LogP contribution in [0.5, 0.6) is 0 Å². The highest BCUT2D eigenvalue weighted by atomic mass is 79.9. The smallest absolute Gasteiger partial charge is 0.292 e. The molecule has 0 bridgehead atoms. The molecule has 7 heteroatoms. The van der Waals surface area contributed by atoms with Crippen molar-refractivity contribution in [3.63, 3.8) is 0 Å². The first-order valence-electron chi connectivity index (χ1n) is 6.82. The number of hydrogen-bond donors (Lipinski definition) is 1. The third-order valence-corrected chi connectivity index (χ3v) is 4.34. The van der Waals surface area contributed by atoms with Crippen molar-refractivity contribution in [3.05, 3.63) is 57.0 Å². The van der Waals surface area contributed by atoms with Crippen LogP contribution in [-0.2, 0) is 7.05 Å². The van der Waals surface area contributed by atoms with E-state index in [2.05, 4.69) is 42.3 Å². The van der Waals surface area contributed by atoms with Crippen molar-refractivity contribution in [2.75, 3.05) is 5.32 Å². The SMILES string of the molecule is Cc1nn(C)c(NC(=O)c2ccc(Br)o2)c1-c1ccc(Br)cc1. The number of amides is 1. The Morgan fingerprint density at radius 2 is 1.87 bits per heavy atom. The van der Waals surface area contributed by atoms with Crippen LogP contribution in [0.25, 0.3) is 11.1 Å². The Bertz CT molecular complexity index is 866. The number of halogens is 2. The maximum Gasteiger partial charge on any atom is 0.292 e. The zero-order valence-corrected chi connectivity index (χ0v) is 15.6. The molecule has 0 aliphatic rings. The van der Waals surface area contributed by atoms with Gasteiger partial charge in [0.15, 0.2) is 10.4 Å². The number of rotatable bonds is 3. The van der Waals surface area contributed by atoms with Crippen LogP contribution in [0.2, 0.25) is 0 Å². The second-order valence-electron chi connectivity index (χ2n) is 5.00. The minimum Gasteiger partial charge on any atom is -0.444 e. The van der Waals surface area contributed by atoms with E-state index in [9.17, 15) is 4.79 Å². The Balaban J connectivity index is 1.99. The Labute approximate surface area is 149 Å². The summed E-state index contributed by atoms with van der Waals surface area (Å²) in [5, 5.41) is 7.29. The molecule has 0 saturated heterocycles. The molecule has 0 fully saturated rings. The molecule has 1 aromatic carbocycles. The van der Waals surface area contributed by atoms with Crippen LogP contribution >= 0.6 is 31.9 Å². The predicted octanol–water partition coefficient (Wildman–Crippen LogP) is 4.77. The average Bonchev–Trinajstić information content (AvgIpc) is 3.05. The van der Waals surface area contributed by atoms with E-state index in [0.29, 0.717) is 10.5 Å². The van der Waals surface area contributed by atoms with Gasteiger partial charge in [-0.3, -0.25) is 9.48 Å². The van der Waals surface area contributed by atoms with Crippen LogP contribution in [-0.4, -0.2) is 15.7 Å². The lowest BCUT2D eigenvalue weighted by Crippen LogP contribution is -2.14. The summed E-state index contributed by atoms with van der Waals surface area (Å²) in [5.74, 6) is 0.539. The van der Waals surface area contributed by atoms with Gasteiger partial charge in [0.2, 0.25) is 0 Å². The lowest BCUT2D eigenvalue weighted by Gasteiger charge is -2.08. The molecule has 0 atom stereocenters. The Morgan fingerprint density at radius 3 is 2.48 bits per heavy atom. The highest BCUT2D eigenvalue weighted by molar-refractivity contribution is 9.10. The quantitative estimate of drug-likeness (QED) is 0.640. The first kappa shape index (κ1) is 16.0. The van der Waals surface area contributed by atoms with Gasteiger partial charge in [-0.15, -0.1) is 0 Å². The van der Waals surface area contributed by atoms with Crippen LogP contribution < -0.4 is 5.32 Å². The minimum absolute atomic E-state index is 0.234. The number of anilines is 1. The van der Waals surface area contributed by atoms with Gasteiger partial charge in [0.1, 0.15) is 5.82 Å². The maximum absolute atomic E-state index is 12.4. The van der Waals surface area contributed by atoms with Gasteiger partial charge < -0.3 is 9.73 Å². The number of carbonyl (C=O) groups excluding carboxylic acids is 1. The summed E-state index contributed by atoms with van der Waals surface area (Å²) in [7, 11) is 1.79. The summed E-state index contributed by atoms with van der Waals surface area (Å²) >= 11 is 6.62. The molecule has 1 amide bonds. The molecule has 0 aliphatic carbocycles. The monoisotopic (exact) mass is 437 g/mol. The maximum atomic E-state index is 12.4. The van der Waals surface area contributed by atoms with Gasteiger partial charge in [0, 0.05) is 17.1 Å². The van der Waals surface area contributed by atoms with Crippen molar-refractivity contribution < 1.29 is 9.21 Å². The molecule has 23 heavy (non-hydrogen) atoms.